The number of nitrogen functional groups attached to an aromatic ring is 1. The van der Waals surface area contributed by atoms with Crippen molar-refractivity contribution in [1.82, 2.24) is 0 Å². The van der Waals surface area contributed by atoms with Gasteiger partial charge in [0.25, 0.3) is 0 Å². The van der Waals surface area contributed by atoms with Crippen molar-refractivity contribution in [2.75, 3.05) is 17.2 Å². The largest absolute Gasteiger partial charge is 0.399 e. The fourth-order valence-corrected chi connectivity index (χ4v) is 5.37. The predicted molar refractivity (Wildman–Crippen MR) is 68.5 cm³/mol. The molecule has 3 nitrogen and oxygen atoms in total. The van der Waals surface area contributed by atoms with Crippen molar-refractivity contribution < 1.29 is 8.42 Å². The van der Waals surface area contributed by atoms with Crippen molar-refractivity contribution in [2.24, 2.45) is 0 Å². The molecule has 0 aliphatic carbocycles. The summed E-state index contributed by atoms with van der Waals surface area (Å²) in [6.07, 6.45) is 0.760. The summed E-state index contributed by atoms with van der Waals surface area (Å²) in [7, 11) is -2.78. The standard InChI is InChI=1S/C11H15NO2S2/c1-8-6-9(2-3-11(8)12)15-10-4-5-16(13,14)7-10/h2-3,6,10H,4-5,7,12H2,1H3. The molecule has 1 atom stereocenters. The molecule has 0 amide bonds. The number of rotatable bonds is 2. The average molecular weight is 257 g/mol. The lowest BCUT2D eigenvalue weighted by molar-refractivity contribution is 0.602. The van der Waals surface area contributed by atoms with Crippen LogP contribution in [0.2, 0.25) is 0 Å². The molecule has 2 N–H and O–H groups in total. The van der Waals surface area contributed by atoms with Crippen molar-refractivity contribution in [1.29, 1.82) is 0 Å². The summed E-state index contributed by atoms with van der Waals surface area (Å²) in [6.45, 7) is 1.96. The Balaban J connectivity index is 2.08. The molecule has 1 saturated heterocycles. The van der Waals surface area contributed by atoms with Gasteiger partial charge in [-0.25, -0.2) is 8.42 Å². The Morgan fingerprint density at radius 2 is 2.19 bits per heavy atom. The summed E-state index contributed by atoms with van der Waals surface area (Å²) < 4.78 is 22.6. The van der Waals surface area contributed by atoms with Crippen LogP contribution >= 0.6 is 11.8 Å². The number of nitrogens with two attached hydrogens (primary N) is 1. The highest BCUT2D eigenvalue weighted by Crippen LogP contribution is 2.32. The predicted octanol–water partition coefficient (Wildman–Crippen LogP) is 1.86. The minimum atomic E-state index is -2.78. The van der Waals surface area contributed by atoms with Gasteiger partial charge in [0, 0.05) is 15.8 Å². The normalized spacial score (nSPS) is 23.4. The molecular formula is C11H15NO2S2. The minimum Gasteiger partial charge on any atom is -0.399 e. The Bertz CT molecular complexity index is 497. The number of aryl methyl sites for hydroxylation is 1. The fraction of sp³-hybridized carbons (Fsp3) is 0.455. The zero-order chi connectivity index (χ0) is 11.8. The second-order valence-corrected chi connectivity index (χ2v) is 7.76. The summed E-state index contributed by atoms with van der Waals surface area (Å²) >= 11 is 1.64. The molecule has 16 heavy (non-hydrogen) atoms. The maximum absolute atomic E-state index is 11.3. The number of sulfone groups is 1. The minimum absolute atomic E-state index is 0.202. The van der Waals surface area contributed by atoms with Gasteiger partial charge in [-0.3, -0.25) is 0 Å². The molecule has 0 aromatic heterocycles. The van der Waals surface area contributed by atoms with Gasteiger partial charge in [-0.05, 0) is 37.1 Å². The second kappa shape index (κ2) is 4.30. The van der Waals surface area contributed by atoms with E-state index >= 15 is 0 Å². The van der Waals surface area contributed by atoms with Crippen molar-refractivity contribution in [3.63, 3.8) is 0 Å². The molecule has 1 aromatic carbocycles. The molecular weight excluding hydrogens is 242 g/mol. The number of hydrogen-bond acceptors (Lipinski definition) is 4. The maximum Gasteiger partial charge on any atom is 0.151 e. The topological polar surface area (TPSA) is 60.2 Å². The van der Waals surface area contributed by atoms with Gasteiger partial charge in [0.05, 0.1) is 11.5 Å². The second-order valence-electron chi connectivity index (χ2n) is 4.16. The van der Waals surface area contributed by atoms with Crippen LogP contribution in [0.1, 0.15) is 12.0 Å². The van der Waals surface area contributed by atoms with E-state index in [1.807, 2.05) is 25.1 Å². The van der Waals surface area contributed by atoms with Crippen LogP contribution in [-0.2, 0) is 9.84 Å². The third-order valence-corrected chi connectivity index (χ3v) is 5.98. The molecule has 1 aliphatic heterocycles. The van der Waals surface area contributed by atoms with Gasteiger partial charge in [0.1, 0.15) is 0 Å². The van der Waals surface area contributed by atoms with E-state index in [2.05, 4.69) is 0 Å². The van der Waals surface area contributed by atoms with Gasteiger partial charge in [-0.15, -0.1) is 11.8 Å². The molecule has 0 saturated carbocycles. The van der Waals surface area contributed by atoms with E-state index in [9.17, 15) is 8.42 Å². The first-order valence-corrected chi connectivity index (χ1v) is 7.89. The lowest BCUT2D eigenvalue weighted by Crippen LogP contribution is -2.06. The van der Waals surface area contributed by atoms with Gasteiger partial charge >= 0.3 is 0 Å². The molecule has 0 spiro atoms. The van der Waals surface area contributed by atoms with E-state index in [4.69, 9.17) is 5.73 Å². The van der Waals surface area contributed by atoms with Crippen molar-refractivity contribution in [3.05, 3.63) is 23.8 Å². The third kappa shape index (κ3) is 2.71. The first-order valence-electron chi connectivity index (χ1n) is 5.19. The Labute approximate surface area is 100 Å². The molecule has 0 radical (unpaired) electrons. The van der Waals surface area contributed by atoms with Crippen molar-refractivity contribution in [2.45, 2.75) is 23.5 Å². The Morgan fingerprint density at radius 3 is 2.75 bits per heavy atom. The number of hydrogen-bond donors (Lipinski definition) is 1. The SMILES string of the molecule is Cc1cc(SC2CCS(=O)(=O)C2)ccc1N. The third-order valence-electron chi connectivity index (χ3n) is 2.73. The maximum atomic E-state index is 11.3. The van der Waals surface area contributed by atoms with Gasteiger partial charge < -0.3 is 5.73 Å². The molecule has 88 valence electrons. The highest BCUT2D eigenvalue weighted by Gasteiger charge is 2.28. The van der Waals surface area contributed by atoms with Crippen molar-refractivity contribution >= 4 is 27.3 Å². The van der Waals surface area contributed by atoms with Crippen LogP contribution in [0.4, 0.5) is 5.69 Å². The zero-order valence-corrected chi connectivity index (χ0v) is 10.8. The van der Waals surface area contributed by atoms with E-state index in [0.717, 1.165) is 22.6 Å². The molecule has 1 fully saturated rings. The number of thioether (sulfide) groups is 1. The number of benzene rings is 1. The Morgan fingerprint density at radius 1 is 1.44 bits per heavy atom. The lowest BCUT2D eigenvalue weighted by atomic mass is 10.2. The van der Waals surface area contributed by atoms with Crippen LogP contribution < -0.4 is 5.73 Å². The van der Waals surface area contributed by atoms with Crippen LogP contribution in [0.3, 0.4) is 0 Å². The van der Waals surface area contributed by atoms with Crippen LogP contribution in [0.25, 0.3) is 0 Å². The molecule has 5 heteroatoms. The smallest absolute Gasteiger partial charge is 0.151 e. The number of anilines is 1. The highest BCUT2D eigenvalue weighted by molar-refractivity contribution is 8.01. The Hall–Kier alpha value is -0.680. The van der Waals surface area contributed by atoms with Gasteiger partial charge in [0.2, 0.25) is 0 Å². The van der Waals surface area contributed by atoms with E-state index in [1.54, 1.807) is 11.8 Å². The fourth-order valence-electron chi connectivity index (χ4n) is 1.77. The summed E-state index contributed by atoms with van der Waals surface area (Å²) in [4.78, 5) is 1.11. The van der Waals surface area contributed by atoms with E-state index < -0.39 is 9.84 Å². The quantitative estimate of drug-likeness (QED) is 0.822. The zero-order valence-electron chi connectivity index (χ0n) is 9.14. The lowest BCUT2D eigenvalue weighted by Gasteiger charge is -2.09. The summed E-state index contributed by atoms with van der Waals surface area (Å²) in [5.74, 6) is 0.639. The summed E-state index contributed by atoms with van der Waals surface area (Å²) in [5.41, 5.74) is 7.56. The van der Waals surface area contributed by atoms with E-state index in [1.165, 1.54) is 0 Å². The summed E-state index contributed by atoms with van der Waals surface area (Å²) in [6, 6.07) is 5.85. The van der Waals surface area contributed by atoms with E-state index in [0.29, 0.717) is 11.5 Å². The van der Waals surface area contributed by atoms with Gasteiger partial charge in [-0.2, -0.15) is 0 Å². The van der Waals surface area contributed by atoms with Crippen molar-refractivity contribution in [3.8, 4) is 0 Å². The molecule has 0 bridgehead atoms. The van der Waals surface area contributed by atoms with Gasteiger partial charge in [-0.1, -0.05) is 0 Å². The average Bonchev–Trinajstić information content (AvgIpc) is 2.52. The monoisotopic (exact) mass is 257 g/mol. The van der Waals surface area contributed by atoms with Gasteiger partial charge in [0.15, 0.2) is 9.84 Å². The first kappa shape index (κ1) is 11.8. The van der Waals surface area contributed by atoms with Crippen LogP contribution in [0.5, 0.6) is 0 Å². The van der Waals surface area contributed by atoms with E-state index in [-0.39, 0.29) is 5.25 Å². The highest BCUT2D eigenvalue weighted by atomic mass is 32.2. The first-order chi connectivity index (χ1) is 7.46. The molecule has 2 rings (SSSR count). The summed E-state index contributed by atoms with van der Waals surface area (Å²) in [5, 5.41) is 0.202. The van der Waals surface area contributed by atoms with Crippen LogP contribution in [-0.4, -0.2) is 25.2 Å². The Kier molecular flexibility index (Phi) is 3.17. The molecule has 1 heterocycles. The molecule has 1 aromatic rings. The van der Waals surface area contributed by atoms with Crippen LogP contribution in [0.15, 0.2) is 23.1 Å². The van der Waals surface area contributed by atoms with Crippen LogP contribution in [0, 0.1) is 6.92 Å². The molecule has 1 unspecified atom stereocenters. The molecule has 1 aliphatic rings.